The Morgan fingerprint density at radius 1 is 1.62 bits per heavy atom. The third kappa shape index (κ3) is 2.29. The first-order valence-corrected chi connectivity index (χ1v) is 5.92. The lowest BCUT2D eigenvalue weighted by atomic mass is 10.0. The Morgan fingerprint density at radius 3 is 3.19 bits per heavy atom. The molecular weight excluding hydrogens is 270 g/mol. The Hall–Kier alpha value is -1.23. The summed E-state index contributed by atoms with van der Waals surface area (Å²) in [7, 11) is 0. The normalized spacial score (nSPS) is 12.9. The van der Waals surface area contributed by atoms with Crippen LogP contribution in [0, 0.1) is 5.92 Å². The van der Waals surface area contributed by atoms with Gasteiger partial charge in [0, 0.05) is 12.6 Å². The van der Waals surface area contributed by atoms with Crippen LogP contribution in [-0.2, 0) is 11.2 Å². The number of nitrogens with zero attached hydrogens (tertiary/aromatic N) is 2. The van der Waals surface area contributed by atoms with Gasteiger partial charge in [-0.25, -0.2) is 9.97 Å². The number of hydrogen-bond donors (Lipinski definition) is 1. The summed E-state index contributed by atoms with van der Waals surface area (Å²) in [5.41, 5.74) is 2.78. The molecule has 2 aromatic heterocycles. The molecule has 0 aliphatic heterocycles. The van der Waals surface area contributed by atoms with Crippen molar-refractivity contribution in [3.63, 3.8) is 0 Å². The summed E-state index contributed by atoms with van der Waals surface area (Å²) in [5, 5.41) is 0. The SMILES string of the molecule is CC(CC=O)Cc1c[nH]c2ncc(Br)nc12. The number of H-pyrrole nitrogens is 1. The lowest BCUT2D eigenvalue weighted by molar-refractivity contribution is -0.108. The summed E-state index contributed by atoms with van der Waals surface area (Å²) >= 11 is 3.30. The summed E-state index contributed by atoms with van der Waals surface area (Å²) in [6.45, 7) is 2.05. The molecule has 0 saturated carbocycles. The van der Waals surface area contributed by atoms with Gasteiger partial charge < -0.3 is 9.78 Å². The number of halogens is 1. The van der Waals surface area contributed by atoms with Gasteiger partial charge in [-0.05, 0) is 33.8 Å². The minimum atomic E-state index is 0.331. The fraction of sp³-hybridized carbons (Fsp3) is 0.364. The molecule has 0 spiro atoms. The highest BCUT2D eigenvalue weighted by Gasteiger charge is 2.10. The number of aldehydes is 1. The molecule has 4 nitrogen and oxygen atoms in total. The highest BCUT2D eigenvalue weighted by atomic mass is 79.9. The van der Waals surface area contributed by atoms with Crippen molar-refractivity contribution in [2.75, 3.05) is 0 Å². The van der Waals surface area contributed by atoms with Gasteiger partial charge >= 0.3 is 0 Å². The molecule has 16 heavy (non-hydrogen) atoms. The van der Waals surface area contributed by atoms with Crippen molar-refractivity contribution in [1.29, 1.82) is 0 Å². The highest BCUT2D eigenvalue weighted by molar-refractivity contribution is 9.10. The smallest absolute Gasteiger partial charge is 0.156 e. The van der Waals surface area contributed by atoms with Gasteiger partial charge in [-0.2, -0.15) is 0 Å². The second-order valence-electron chi connectivity index (χ2n) is 3.92. The van der Waals surface area contributed by atoms with Crippen LogP contribution in [-0.4, -0.2) is 21.2 Å². The monoisotopic (exact) mass is 281 g/mol. The van der Waals surface area contributed by atoms with E-state index in [9.17, 15) is 4.79 Å². The molecule has 0 aliphatic rings. The van der Waals surface area contributed by atoms with Crippen LogP contribution in [0.4, 0.5) is 0 Å². The van der Waals surface area contributed by atoms with E-state index in [1.54, 1.807) is 6.20 Å². The molecule has 1 N–H and O–H groups in total. The second-order valence-corrected chi connectivity index (χ2v) is 4.73. The van der Waals surface area contributed by atoms with Crippen LogP contribution in [0.1, 0.15) is 18.9 Å². The second kappa shape index (κ2) is 4.74. The number of carbonyl (C=O) groups is 1. The van der Waals surface area contributed by atoms with Gasteiger partial charge in [0.05, 0.1) is 6.20 Å². The van der Waals surface area contributed by atoms with Gasteiger partial charge in [0.2, 0.25) is 0 Å². The zero-order valence-corrected chi connectivity index (χ0v) is 10.5. The predicted octanol–water partition coefficient (Wildman–Crippen LogP) is 2.49. The van der Waals surface area contributed by atoms with E-state index < -0.39 is 0 Å². The Balaban J connectivity index is 2.30. The summed E-state index contributed by atoms with van der Waals surface area (Å²) in [6.07, 6.45) is 5.95. The number of nitrogens with one attached hydrogen (secondary N) is 1. The number of carbonyl (C=O) groups excluding carboxylic acids is 1. The molecule has 0 bridgehead atoms. The molecular formula is C11H12BrN3O. The first-order valence-electron chi connectivity index (χ1n) is 5.13. The number of aromatic amines is 1. The van der Waals surface area contributed by atoms with E-state index in [1.807, 2.05) is 6.20 Å². The number of hydrogen-bond acceptors (Lipinski definition) is 3. The average Bonchev–Trinajstić information content (AvgIpc) is 2.61. The van der Waals surface area contributed by atoms with Crippen molar-refractivity contribution in [1.82, 2.24) is 15.0 Å². The van der Waals surface area contributed by atoms with Crippen LogP contribution in [0.25, 0.3) is 11.2 Å². The first-order chi connectivity index (χ1) is 7.70. The van der Waals surface area contributed by atoms with E-state index in [0.29, 0.717) is 12.3 Å². The van der Waals surface area contributed by atoms with Crippen LogP contribution in [0.3, 0.4) is 0 Å². The lowest BCUT2D eigenvalue weighted by Crippen LogP contribution is -2.00. The van der Waals surface area contributed by atoms with Gasteiger partial charge in [0.1, 0.15) is 16.4 Å². The van der Waals surface area contributed by atoms with Crippen LogP contribution >= 0.6 is 15.9 Å². The molecule has 0 saturated heterocycles. The standard InChI is InChI=1S/C11H12BrN3O/c1-7(2-3-16)4-8-5-13-11-10(8)15-9(12)6-14-11/h3,5-7H,2,4H2,1H3,(H,13,14). The Bertz CT molecular complexity index is 509. The molecule has 0 aliphatic carbocycles. The van der Waals surface area contributed by atoms with Gasteiger partial charge in [0.25, 0.3) is 0 Å². The lowest BCUT2D eigenvalue weighted by Gasteiger charge is -2.05. The summed E-state index contributed by atoms with van der Waals surface area (Å²) in [6, 6.07) is 0. The molecule has 2 rings (SSSR count). The largest absolute Gasteiger partial charge is 0.345 e. The maximum atomic E-state index is 10.4. The van der Waals surface area contributed by atoms with Crippen molar-refractivity contribution in [2.45, 2.75) is 19.8 Å². The average molecular weight is 282 g/mol. The number of rotatable bonds is 4. The summed E-state index contributed by atoms with van der Waals surface area (Å²) < 4.78 is 0.726. The molecule has 0 aromatic carbocycles. The van der Waals surface area contributed by atoms with Gasteiger partial charge in [-0.1, -0.05) is 6.92 Å². The molecule has 1 unspecified atom stereocenters. The van der Waals surface area contributed by atoms with Gasteiger partial charge in [-0.3, -0.25) is 0 Å². The summed E-state index contributed by atoms with van der Waals surface area (Å²) in [4.78, 5) is 22.1. The van der Waals surface area contributed by atoms with E-state index >= 15 is 0 Å². The fourth-order valence-electron chi connectivity index (χ4n) is 1.70. The number of aromatic nitrogens is 3. The fourth-order valence-corrected chi connectivity index (χ4v) is 1.98. The van der Waals surface area contributed by atoms with E-state index in [0.717, 1.165) is 34.0 Å². The van der Waals surface area contributed by atoms with Crippen LogP contribution in [0.15, 0.2) is 17.0 Å². The molecule has 84 valence electrons. The molecule has 0 radical (unpaired) electrons. The van der Waals surface area contributed by atoms with E-state index in [-0.39, 0.29) is 0 Å². The third-order valence-electron chi connectivity index (χ3n) is 2.50. The van der Waals surface area contributed by atoms with Crippen LogP contribution < -0.4 is 0 Å². The molecule has 5 heteroatoms. The Morgan fingerprint density at radius 2 is 2.44 bits per heavy atom. The van der Waals surface area contributed by atoms with Crippen molar-refractivity contribution in [2.24, 2.45) is 5.92 Å². The highest BCUT2D eigenvalue weighted by Crippen LogP contribution is 2.20. The van der Waals surface area contributed by atoms with Crippen molar-refractivity contribution in [3.05, 3.63) is 22.6 Å². The Kier molecular flexibility index (Phi) is 3.33. The molecule has 0 amide bonds. The molecule has 2 heterocycles. The minimum Gasteiger partial charge on any atom is -0.345 e. The maximum absolute atomic E-state index is 10.4. The topological polar surface area (TPSA) is 58.6 Å². The molecule has 0 fully saturated rings. The van der Waals surface area contributed by atoms with Gasteiger partial charge in [-0.15, -0.1) is 0 Å². The zero-order valence-electron chi connectivity index (χ0n) is 8.90. The van der Waals surface area contributed by atoms with Gasteiger partial charge in [0.15, 0.2) is 5.65 Å². The maximum Gasteiger partial charge on any atom is 0.156 e. The Labute approximate surface area is 102 Å². The van der Waals surface area contributed by atoms with Crippen molar-refractivity contribution >= 4 is 33.4 Å². The van der Waals surface area contributed by atoms with Crippen LogP contribution in [0.5, 0.6) is 0 Å². The quantitative estimate of drug-likeness (QED) is 0.876. The number of fused-ring (bicyclic) bond motifs is 1. The van der Waals surface area contributed by atoms with E-state index in [1.165, 1.54) is 0 Å². The zero-order chi connectivity index (χ0) is 11.5. The minimum absolute atomic E-state index is 0.331. The third-order valence-corrected chi connectivity index (χ3v) is 2.88. The van der Waals surface area contributed by atoms with Crippen LogP contribution in [0.2, 0.25) is 0 Å². The first kappa shape index (κ1) is 11.3. The van der Waals surface area contributed by atoms with E-state index in [2.05, 4.69) is 37.8 Å². The van der Waals surface area contributed by atoms with Crippen molar-refractivity contribution < 1.29 is 4.79 Å². The summed E-state index contributed by atoms with van der Waals surface area (Å²) in [5.74, 6) is 0.331. The van der Waals surface area contributed by atoms with E-state index in [4.69, 9.17) is 0 Å². The predicted molar refractivity (Wildman–Crippen MR) is 65.1 cm³/mol. The molecule has 1 atom stereocenters. The molecule has 2 aromatic rings. The van der Waals surface area contributed by atoms with Crippen molar-refractivity contribution in [3.8, 4) is 0 Å².